The van der Waals surface area contributed by atoms with E-state index in [0.29, 0.717) is 6.04 Å². The van der Waals surface area contributed by atoms with Gasteiger partial charge in [0.1, 0.15) is 0 Å². The van der Waals surface area contributed by atoms with E-state index >= 15 is 0 Å². The van der Waals surface area contributed by atoms with Crippen LogP contribution >= 0.6 is 27.3 Å². The smallest absolute Gasteiger partial charge is 0.0704 e. The van der Waals surface area contributed by atoms with Crippen molar-refractivity contribution in [1.82, 2.24) is 5.32 Å². The molecule has 4 unspecified atom stereocenters. The summed E-state index contributed by atoms with van der Waals surface area (Å²) >= 11 is 5.59. The second kappa shape index (κ2) is 5.87. The van der Waals surface area contributed by atoms with E-state index in [9.17, 15) is 0 Å². The van der Waals surface area contributed by atoms with Crippen LogP contribution in [0.3, 0.4) is 0 Å². The lowest BCUT2D eigenvalue weighted by Crippen LogP contribution is -2.43. The maximum Gasteiger partial charge on any atom is 0.0704 e. The zero-order chi connectivity index (χ0) is 13.4. The molecular formula is C16H24BrNS. The lowest BCUT2D eigenvalue weighted by Gasteiger charge is -2.38. The highest BCUT2D eigenvalue weighted by molar-refractivity contribution is 9.11. The number of halogens is 1. The molecule has 0 saturated heterocycles. The predicted molar refractivity (Wildman–Crippen MR) is 86.8 cm³/mol. The molecule has 2 aliphatic rings. The molecule has 4 atom stereocenters. The average molecular weight is 342 g/mol. The van der Waals surface area contributed by atoms with Gasteiger partial charge in [-0.05, 0) is 65.1 Å². The number of thiophene rings is 1. The molecule has 1 N–H and O–H groups in total. The summed E-state index contributed by atoms with van der Waals surface area (Å²) in [7, 11) is 0. The fourth-order valence-corrected chi connectivity index (χ4v) is 5.59. The molecule has 1 aromatic rings. The molecule has 1 heterocycles. The van der Waals surface area contributed by atoms with E-state index in [-0.39, 0.29) is 0 Å². The number of hydrogen-bond acceptors (Lipinski definition) is 2. The van der Waals surface area contributed by atoms with Crippen molar-refractivity contribution in [2.24, 2.45) is 11.8 Å². The molecule has 1 saturated carbocycles. The van der Waals surface area contributed by atoms with Crippen molar-refractivity contribution in [3.8, 4) is 0 Å². The summed E-state index contributed by atoms with van der Waals surface area (Å²) in [6.07, 6.45) is 8.11. The van der Waals surface area contributed by atoms with E-state index < -0.39 is 0 Å². The first-order valence-electron chi connectivity index (χ1n) is 7.69. The normalized spacial score (nSPS) is 35.1. The van der Waals surface area contributed by atoms with Crippen molar-refractivity contribution in [2.75, 3.05) is 0 Å². The molecule has 106 valence electrons. The third kappa shape index (κ3) is 2.93. The first-order valence-corrected chi connectivity index (χ1v) is 9.30. The van der Waals surface area contributed by atoms with E-state index in [1.807, 2.05) is 11.3 Å². The van der Waals surface area contributed by atoms with Crippen LogP contribution < -0.4 is 5.32 Å². The van der Waals surface area contributed by atoms with Crippen molar-refractivity contribution < 1.29 is 0 Å². The zero-order valence-corrected chi connectivity index (χ0v) is 14.3. The first kappa shape index (κ1) is 14.1. The summed E-state index contributed by atoms with van der Waals surface area (Å²) in [5.74, 6) is 1.70. The molecular weight excluding hydrogens is 318 g/mol. The molecule has 2 aliphatic carbocycles. The molecule has 1 nitrogen and oxygen atoms in total. The lowest BCUT2D eigenvalue weighted by molar-refractivity contribution is 0.189. The SMILES string of the molecule is CC1CCCC(NC2CCCc3sc(Br)cc32)C1C. The van der Waals surface area contributed by atoms with Crippen molar-refractivity contribution in [3.05, 3.63) is 20.3 Å². The molecule has 3 rings (SSSR count). The van der Waals surface area contributed by atoms with E-state index in [0.717, 1.165) is 17.9 Å². The van der Waals surface area contributed by atoms with Crippen LogP contribution in [-0.4, -0.2) is 6.04 Å². The van der Waals surface area contributed by atoms with Gasteiger partial charge in [0.05, 0.1) is 3.79 Å². The van der Waals surface area contributed by atoms with Crippen LogP contribution in [0.2, 0.25) is 0 Å². The third-order valence-electron chi connectivity index (χ3n) is 5.21. The molecule has 19 heavy (non-hydrogen) atoms. The Morgan fingerprint density at radius 3 is 2.89 bits per heavy atom. The van der Waals surface area contributed by atoms with E-state index in [1.165, 1.54) is 42.3 Å². The van der Waals surface area contributed by atoms with Gasteiger partial charge in [0.25, 0.3) is 0 Å². The molecule has 0 aliphatic heterocycles. The van der Waals surface area contributed by atoms with Gasteiger partial charge in [0, 0.05) is 17.0 Å². The molecule has 1 fully saturated rings. The fourth-order valence-electron chi connectivity index (χ4n) is 3.77. The topological polar surface area (TPSA) is 12.0 Å². The van der Waals surface area contributed by atoms with Gasteiger partial charge in [0.15, 0.2) is 0 Å². The molecule has 0 aromatic carbocycles. The summed E-state index contributed by atoms with van der Waals surface area (Å²) in [6, 6.07) is 3.68. The summed E-state index contributed by atoms with van der Waals surface area (Å²) in [4.78, 5) is 1.60. The minimum atomic E-state index is 0.601. The van der Waals surface area contributed by atoms with Gasteiger partial charge in [-0.15, -0.1) is 11.3 Å². The van der Waals surface area contributed by atoms with Crippen molar-refractivity contribution in [1.29, 1.82) is 0 Å². The predicted octanol–water partition coefficient (Wildman–Crippen LogP) is 5.30. The van der Waals surface area contributed by atoms with Crippen LogP contribution in [0.1, 0.15) is 62.4 Å². The Bertz CT molecular complexity index is 442. The van der Waals surface area contributed by atoms with Crippen LogP contribution in [0.4, 0.5) is 0 Å². The number of nitrogens with one attached hydrogen (secondary N) is 1. The Morgan fingerprint density at radius 1 is 1.21 bits per heavy atom. The molecule has 0 spiro atoms. The van der Waals surface area contributed by atoms with Crippen LogP contribution in [0.15, 0.2) is 9.85 Å². The Balaban J connectivity index is 1.73. The number of rotatable bonds is 2. The van der Waals surface area contributed by atoms with Gasteiger partial charge in [-0.25, -0.2) is 0 Å². The van der Waals surface area contributed by atoms with Crippen LogP contribution in [0, 0.1) is 11.8 Å². The molecule has 0 radical (unpaired) electrons. The molecule has 0 amide bonds. The summed E-state index contributed by atoms with van der Waals surface area (Å²) < 4.78 is 1.30. The lowest BCUT2D eigenvalue weighted by atomic mass is 9.77. The maximum absolute atomic E-state index is 3.99. The largest absolute Gasteiger partial charge is 0.307 e. The maximum atomic E-state index is 3.99. The Morgan fingerprint density at radius 2 is 2.05 bits per heavy atom. The third-order valence-corrected chi connectivity index (χ3v) is 6.92. The van der Waals surface area contributed by atoms with Crippen LogP contribution in [-0.2, 0) is 6.42 Å². The van der Waals surface area contributed by atoms with Crippen molar-refractivity contribution >= 4 is 27.3 Å². The van der Waals surface area contributed by atoms with E-state index in [1.54, 1.807) is 10.4 Å². The Hall–Kier alpha value is 0.140. The molecule has 3 heteroatoms. The Kier molecular flexibility index (Phi) is 4.35. The van der Waals surface area contributed by atoms with Gasteiger partial charge in [-0.1, -0.05) is 26.7 Å². The summed E-state index contributed by atoms with van der Waals surface area (Å²) in [5, 5.41) is 3.99. The number of hydrogen-bond donors (Lipinski definition) is 1. The minimum Gasteiger partial charge on any atom is -0.307 e. The molecule has 1 aromatic heterocycles. The minimum absolute atomic E-state index is 0.601. The second-order valence-corrected chi connectivity index (χ2v) is 8.93. The van der Waals surface area contributed by atoms with Crippen LogP contribution in [0.5, 0.6) is 0 Å². The van der Waals surface area contributed by atoms with Crippen molar-refractivity contribution in [2.45, 2.75) is 64.5 Å². The van der Waals surface area contributed by atoms with Gasteiger partial charge >= 0.3 is 0 Å². The van der Waals surface area contributed by atoms with Gasteiger partial charge in [-0.3, -0.25) is 0 Å². The summed E-state index contributed by atoms with van der Waals surface area (Å²) in [5.41, 5.74) is 1.58. The summed E-state index contributed by atoms with van der Waals surface area (Å²) in [6.45, 7) is 4.86. The monoisotopic (exact) mass is 341 g/mol. The van der Waals surface area contributed by atoms with E-state index in [4.69, 9.17) is 0 Å². The zero-order valence-electron chi connectivity index (χ0n) is 11.9. The number of fused-ring (bicyclic) bond motifs is 1. The first-order chi connectivity index (χ1) is 9.15. The quantitative estimate of drug-likeness (QED) is 0.769. The Labute approximate surface area is 129 Å². The van der Waals surface area contributed by atoms with Crippen LogP contribution in [0.25, 0.3) is 0 Å². The van der Waals surface area contributed by atoms with Crippen molar-refractivity contribution in [3.63, 3.8) is 0 Å². The number of aryl methyl sites for hydroxylation is 1. The van der Waals surface area contributed by atoms with Gasteiger partial charge in [-0.2, -0.15) is 0 Å². The average Bonchev–Trinajstić information content (AvgIpc) is 2.76. The van der Waals surface area contributed by atoms with Gasteiger partial charge in [0.2, 0.25) is 0 Å². The van der Waals surface area contributed by atoms with Gasteiger partial charge < -0.3 is 5.32 Å². The highest BCUT2D eigenvalue weighted by atomic mass is 79.9. The fraction of sp³-hybridized carbons (Fsp3) is 0.750. The molecule has 0 bridgehead atoms. The highest BCUT2D eigenvalue weighted by Crippen LogP contribution is 2.39. The standard InChI is InChI=1S/C16H24BrNS/c1-10-5-3-6-13(11(10)2)18-14-7-4-8-15-12(14)9-16(17)19-15/h9-11,13-14,18H,3-8H2,1-2H3. The van der Waals surface area contributed by atoms with E-state index in [2.05, 4.69) is 41.2 Å². The second-order valence-electron chi connectivity index (χ2n) is 6.41. The highest BCUT2D eigenvalue weighted by Gasteiger charge is 2.31.